The molecule has 1 aromatic heterocycles. The fourth-order valence-corrected chi connectivity index (χ4v) is 2.26. The van der Waals surface area contributed by atoms with Gasteiger partial charge in [0.05, 0.1) is 6.42 Å². The zero-order valence-electron chi connectivity index (χ0n) is 11.2. The van der Waals surface area contributed by atoms with E-state index in [0.717, 1.165) is 16.5 Å². The molecule has 0 aliphatic rings. The number of carbonyl (C=O) groups excluding carboxylic acids is 1. The highest BCUT2D eigenvalue weighted by Crippen LogP contribution is 2.22. The average Bonchev–Trinajstić information content (AvgIpc) is 2.47. The van der Waals surface area contributed by atoms with Crippen molar-refractivity contribution in [1.29, 1.82) is 0 Å². The topological polar surface area (TPSA) is 42.0 Å². The third kappa shape index (κ3) is 3.05. The van der Waals surface area contributed by atoms with Gasteiger partial charge in [-0.05, 0) is 29.8 Å². The molecular weight excluding hydrogens is 267 g/mol. The summed E-state index contributed by atoms with van der Waals surface area (Å²) in [6, 6.07) is 13.5. The Hall–Kier alpha value is -2.75. The van der Waals surface area contributed by atoms with Crippen LogP contribution in [0.5, 0.6) is 0 Å². The first-order valence-corrected chi connectivity index (χ1v) is 6.59. The molecule has 0 saturated carbocycles. The number of hydrogen-bond acceptors (Lipinski definition) is 2. The van der Waals surface area contributed by atoms with E-state index in [1.807, 2.05) is 24.3 Å². The van der Waals surface area contributed by atoms with Crippen LogP contribution < -0.4 is 5.32 Å². The quantitative estimate of drug-likeness (QED) is 0.797. The smallest absolute Gasteiger partial charge is 0.228 e. The molecule has 0 aliphatic heterocycles. The molecule has 104 valence electrons. The summed E-state index contributed by atoms with van der Waals surface area (Å²) in [5, 5.41) is 4.75. The van der Waals surface area contributed by atoms with Gasteiger partial charge in [0.1, 0.15) is 5.82 Å². The van der Waals surface area contributed by atoms with Gasteiger partial charge in [0.2, 0.25) is 5.91 Å². The Morgan fingerprint density at radius 1 is 1.14 bits per heavy atom. The Morgan fingerprint density at radius 2 is 2.00 bits per heavy atom. The zero-order chi connectivity index (χ0) is 14.7. The summed E-state index contributed by atoms with van der Waals surface area (Å²) < 4.78 is 13.1. The van der Waals surface area contributed by atoms with Crippen molar-refractivity contribution in [2.45, 2.75) is 6.42 Å². The highest BCUT2D eigenvalue weighted by Gasteiger charge is 2.07. The Kier molecular flexibility index (Phi) is 3.60. The second-order valence-electron chi connectivity index (χ2n) is 4.76. The maximum Gasteiger partial charge on any atom is 0.228 e. The standard InChI is InChI=1S/C17H13FN2O/c18-14-5-1-3-12(9-14)10-17(21)20-16-6-2-4-13-11-19-8-7-15(13)16/h1-9,11H,10H2,(H,20,21). The van der Waals surface area contributed by atoms with E-state index in [2.05, 4.69) is 10.3 Å². The molecule has 0 bridgehead atoms. The highest BCUT2D eigenvalue weighted by atomic mass is 19.1. The molecule has 1 N–H and O–H groups in total. The summed E-state index contributed by atoms with van der Waals surface area (Å²) >= 11 is 0. The normalized spacial score (nSPS) is 10.5. The maximum atomic E-state index is 13.1. The summed E-state index contributed by atoms with van der Waals surface area (Å²) in [4.78, 5) is 16.1. The first-order chi connectivity index (χ1) is 10.2. The summed E-state index contributed by atoms with van der Waals surface area (Å²) in [5.74, 6) is -0.513. The number of carbonyl (C=O) groups is 1. The van der Waals surface area contributed by atoms with Gasteiger partial charge >= 0.3 is 0 Å². The number of nitrogens with one attached hydrogen (secondary N) is 1. The van der Waals surface area contributed by atoms with E-state index in [1.54, 1.807) is 24.5 Å². The summed E-state index contributed by atoms with van der Waals surface area (Å²) in [5.41, 5.74) is 1.38. The lowest BCUT2D eigenvalue weighted by atomic mass is 10.1. The molecule has 0 saturated heterocycles. The summed E-state index contributed by atoms with van der Waals surface area (Å²) in [6.45, 7) is 0. The van der Waals surface area contributed by atoms with Crippen LogP contribution in [0.3, 0.4) is 0 Å². The number of hydrogen-bond donors (Lipinski definition) is 1. The van der Waals surface area contributed by atoms with E-state index in [-0.39, 0.29) is 18.1 Å². The van der Waals surface area contributed by atoms with E-state index in [4.69, 9.17) is 0 Å². The van der Waals surface area contributed by atoms with E-state index in [0.29, 0.717) is 5.56 Å². The summed E-state index contributed by atoms with van der Waals surface area (Å²) in [6.07, 6.45) is 3.57. The van der Waals surface area contributed by atoms with E-state index < -0.39 is 0 Å². The minimum atomic E-state index is -0.337. The molecule has 1 heterocycles. The molecule has 3 aromatic rings. The molecule has 0 radical (unpaired) electrons. The molecule has 3 nitrogen and oxygen atoms in total. The van der Waals surface area contributed by atoms with Crippen molar-refractivity contribution in [3.05, 3.63) is 72.3 Å². The maximum absolute atomic E-state index is 13.1. The van der Waals surface area contributed by atoms with Crippen LogP contribution in [0.15, 0.2) is 60.9 Å². The van der Waals surface area contributed by atoms with Gasteiger partial charge < -0.3 is 5.32 Å². The van der Waals surface area contributed by atoms with Crippen molar-refractivity contribution in [1.82, 2.24) is 4.98 Å². The monoisotopic (exact) mass is 280 g/mol. The second kappa shape index (κ2) is 5.71. The number of rotatable bonds is 3. The van der Waals surface area contributed by atoms with Crippen LogP contribution in [0.25, 0.3) is 10.8 Å². The molecule has 3 rings (SSSR count). The Balaban J connectivity index is 1.80. The van der Waals surface area contributed by atoms with Gasteiger partial charge in [0, 0.05) is 28.9 Å². The van der Waals surface area contributed by atoms with Crippen molar-refractivity contribution in [3.8, 4) is 0 Å². The third-order valence-electron chi connectivity index (χ3n) is 3.21. The lowest BCUT2D eigenvalue weighted by molar-refractivity contribution is -0.115. The van der Waals surface area contributed by atoms with Crippen molar-refractivity contribution in [3.63, 3.8) is 0 Å². The number of pyridine rings is 1. The molecule has 21 heavy (non-hydrogen) atoms. The molecule has 0 spiro atoms. The predicted octanol–water partition coefficient (Wildman–Crippen LogP) is 3.56. The zero-order valence-corrected chi connectivity index (χ0v) is 11.2. The number of amides is 1. The second-order valence-corrected chi connectivity index (χ2v) is 4.76. The first-order valence-electron chi connectivity index (χ1n) is 6.59. The van der Waals surface area contributed by atoms with Crippen LogP contribution in [0.1, 0.15) is 5.56 Å². The Labute approximate surface area is 121 Å². The summed E-state index contributed by atoms with van der Waals surface area (Å²) in [7, 11) is 0. The largest absolute Gasteiger partial charge is 0.325 e. The van der Waals surface area contributed by atoms with Crippen molar-refractivity contribution >= 4 is 22.4 Å². The van der Waals surface area contributed by atoms with Crippen LogP contribution in [0.2, 0.25) is 0 Å². The van der Waals surface area contributed by atoms with Crippen molar-refractivity contribution in [2.75, 3.05) is 5.32 Å². The fraction of sp³-hybridized carbons (Fsp3) is 0.0588. The minimum Gasteiger partial charge on any atom is -0.325 e. The van der Waals surface area contributed by atoms with Crippen LogP contribution in [0, 0.1) is 5.82 Å². The van der Waals surface area contributed by atoms with Crippen LogP contribution in [-0.2, 0) is 11.2 Å². The number of nitrogens with zero attached hydrogens (tertiary/aromatic N) is 1. The fourth-order valence-electron chi connectivity index (χ4n) is 2.26. The first kappa shape index (κ1) is 13.2. The number of halogens is 1. The van der Waals surface area contributed by atoms with E-state index >= 15 is 0 Å². The van der Waals surface area contributed by atoms with Crippen molar-refractivity contribution in [2.24, 2.45) is 0 Å². The molecule has 0 atom stereocenters. The number of anilines is 1. The Morgan fingerprint density at radius 3 is 2.86 bits per heavy atom. The molecule has 1 amide bonds. The molecule has 0 fully saturated rings. The number of benzene rings is 2. The van der Waals surface area contributed by atoms with E-state index in [1.165, 1.54) is 12.1 Å². The third-order valence-corrected chi connectivity index (χ3v) is 3.21. The SMILES string of the molecule is O=C(Cc1cccc(F)c1)Nc1cccc2cnccc12. The van der Waals surface area contributed by atoms with Crippen molar-refractivity contribution < 1.29 is 9.18 Å². The van der Waals surface area contributed by atoms with Gasteiger partial charge in [0.15, 0.2) is 0 Å². The predicted molar refractivity (Wildman–Crippen MR) is 80.5 cm³/mol. The van der Waals surface area contributed by atoms with Gasteiger partial charge in [-0.3, -0.25) is 9.78 Å². The highest BCUT2D eigenvalue weighted by molar-refractivity contribution is 6.02. The van der Waals surface area contributed by atoms with Gasteiger partial charge in [0.25, 0.3) is 0 Å². The molecule has 4 heteroatoms. The van der Waals surface area contributed by atoms with Crippen LogP contribution in [-0.4, -0.2) is 10.9 Å². The average molecular weight is 280 g/mol. The lowest BCUT2D eigenvalue weighted by Crippen LogP contribution is -2.14. The van der Waals surface area contributed by atoms with Gasteiger partial charge in [-0.1, -0.05) is 24.3 Å². The van der Waals surface area contributed by atoms with Gasteiger partial charge in [-0.25, -0.2) is 4.39 Å². The number of fused-ring (bicyclic) bond motifs is 1. The van der Waals surface area contributed by atoms with Crippen LogP contribution in [0.4, 0.5) is 10.1 Å². The van der Waals surface area contributed by atoms with E-state index in [9.17, 15) is 9.18 Å². The molecular formula is C17H13FN2O. The molecule has 2 aromatic carbocycles. The Bertz CT molecular complexity index is 796. The molecule has 0 aliphatic carbocycles. The number of aromatic nitrogens is 1. The van der Waals surface area contributed by atoms with Gasteiger partial charge in [-0.2, -0.15) is 0 Å². The molecule has 0 unspecified atom stereocenters. The lowest BCUT2D eigenvalue weighted by Gasteiger charge is -2.08. The van der Waals surface area contributed by atoms with Crippen LogP contribution >= 0.6 is 0 Å². The van der Waals surface area contributed by atoms with Gasteiger partial charge in [-0.15, -0.1) is 0 Å². The minimum absolute atomic E-state index is 0.138.